The zero-order valence-electron chi connectivity index (χ0n) is 23.3. The molecule has 1 unspecified atom stereocenters. The fourth-order valence-corrected chi connectivity index (χ4v) is 6.86. The fraction of sp³-hybridized carbons (Fsp3) is 0.759. The van der Waals surface area contributed by atoms with E-state index in [9.17, 15) is 19.5 Å². The van der Waals surface area contributed by atoms with E-state index in [1.54, 1.807) is 6.08 Å². The number of aliphatic hydroxyl groups is 1. The molecule has 3 aliphatic rings. The lowest BCUT2D eigenvalue weighted by Gasteiger charge is -2.62. The number of ether oxygens (including phenoxy) is 4. The number of aliphatic hydroxyl groups excluding tert-OH is 1. The van der Waals surface area contributed by atoms with Crippen LogP contribution in [0.2, 0.25) is 0 Å². The van der Waals surface area contributed by atoms with Gasteiger partial charge in [0.25, 0.3) is 0 Å². The van der Waals surface area contributed by atoms with E-state index in [0.29, 0.717) is 32.1 Å². The van der Waals surface area contributed by atoms with Crippen molar-refractivity contribution in [1.82, 2.24) is 0 Å². The summed E-state index contributed by atoms with van der Waals surface area (Å²) in [6, 6.07) is 0. The first kappa shape index (κ1) is 29.4. The van der Waals surface area contributed by atoms with Crippen LogP contribution in [-0.2, 0) is 33.3 Å². The molecule has 8 heteroatoms. The van der Waals surface area contributed by atoms with Crippen molar-refractivity contribution in [2.45, 2.75) is 105 Å². The summed E-state index contributed by atoms with van der Waals surface area (Å²) in [6.07, 6.45) is 3.12. The Morgan fingerprint density at radius 1 is 1.11 bits per heavy atom. The summed E-state index contributed by atoms with van der Waals surface area (Å²) in [7, 11) is 0. The molecule has 10 atom stereocenters. The van der Waals surface area contributed by atoms with Gasteiger partial charge in [-0.2, -0.15) is 0 Å². The number of allylic oxidation sites excluding steroid dienone is 3. The quantitative estimate of drug-likeness (QED) is 0.279. The molecule has 2 saturated carbocycles. The van der Waals surface area contributed by atoms with Gasteiger partial charge >= 0.3 is 17.9 Å². The SMILES string of the molecule is C=C/C(C)=C/C[C@]1(C)[C@H]2C[C@@H](OC(=O)C(C)CC)C[C@@H]3[C@H](OC(C)=O)O[C@H](OC(C)=O)[C@@]32[C@H](O)C[C@@H]1C. The Morgan fingerprint density at radius 2 is 1.76 bits per heavy atom. The fourth-order valence-electron chi connectivity index (χ4n) is 6.86. The first-order valence-electron chi connectivity index (χ1n) is 13.5. The van der Waals surface area contributed by atoms with Crippen molar-refractivity contribution in [3.63, 3.8) is 0 Å². The molecule has 1 heterocycles. The lowest BCUT2D eigenvalue weighted by Crippen LogP contribution is -2.66. The van der Waals surface area contributed by atoms with E-state index in [0.717, 1.165) is 5.57 Å². The second-order valence-electron chi connectivity index (χ2n) is 11.6. The molecule has 0 aromatic rings. The number of hydrogen-bond acceptors (Lipinski definition) is 8. The van der Waals surface area contributed by atoms with Crippen LogP contribution in [0.4, 0.5) is 0 Å². The van der Waals surface area contributed by atoms with Crippen molar-refractivity contribution >= 4 is 17.9 Å². The Morgan fingerprint density at radius 3 is 2.32 bits per heavy atom. The minimum atomic E-state index is -1.10. The van der Waals surface area contributed by atoms with Crippen molar-refractivity contribution < 1.29 is 38.4 Å². The van der Waals surface area contributed by atoms with Gasteiger partial charge in [0.1, 0.15) is 6.10 Å². The molecule has 208 valence electrons. The smallest absolute Gasteiger partial charge is 0.308 e. The van der Waals surface area contributed by atoms with Crippen LogP contribution in [0.3, 0.4) is 0 Å². The number of hydrogen-bond donors (Lipinski definition) is 1. The zero-order chi connectivity index (χ0) is 27.7. The molecule has 0 aromatic carbocycles. The van der Waals surface area contributed by atoms with E-state index in [4.69, 9.17) is 18.9 Å². The molecule has 0 bridgehead atoms. The molecule has 0 aromatic heterocycles. The molecule has 0 radical (unpaired) electrons. The first-order chi connectivity index (χ1) is 17.3. The predicted molar refractivity (Wildman–Crippen MR) is 137 cm³/mol. The highest BCUT2D eigenvalue weighted by Gasteiger charge is 2.73. The maximum absolute atomic E-state index is 12.8. The molecule has 1 aliphatic heterocycles. The molecule has 2 aliphatic carbocycles. The third kappa shape index (κ3) is 5.37. The third-order valence-electron chi connectivity index (χ3n) is 9.37. The van der Waals surface area contributed by atoms with Crippen molar-refractivity contribution in [2.24, 2.45) is 34.5 Å². The van der Waals surface area contributed by atoms with E-state index in [1.807, 2.05) is 20.8 Å². The number of carbonyl (C=O) groups excluding carboxylic acids is 3. The van der Waals surface area contributed by atoms with E-state index >= 15 is 0 Å². The molecule has 3 rings (SSSR count). The van der Waals surface area contributed by atoms with Gasteiger partial charge in [0, 0.05) is 19.8 Å². The summed E-state index contributed by atoms with van der Waals surface area (Å²) in [5, 5.41) is 11.8. The average molecular weight is 521 g/mol. The highest BCUT2D eigenvalue weighted by molar-refractivity contribution is 5.72. The lowest BCUT2D eigenvalue weighted by molar-refractivity contribution is -0.264. The normalized spacial score (nSPS) is 40.1. The van der Waals surface area contributed by atoms with Gasteiger partial charge < -0.3 is 24.1 Å². The van der Waals surface area contributed by atoms with E-state index in [1.165, 1.54) is 13.8 Å². The van der Waals surface area contributed by atoms with Crippen LogP contribution in [0.15, 0.2) is 24.3 Å². The van der Waals surface area contributed by atoms with Crippen LogP contribution in [0.25, 0.3) is 0 Å². The summed E-state index contributed by atoms with van der Waals surface area (Å²) >= 11 is 0. The van der Waals surface area contributed by atoms with Crippen LogP contribution >= 0.6 is 0 Å². The number of carbonyl (C=O) groups is 3. The molecule has 1 saturated heterocycles. The summed E-state index contributed by atoms with van der Waals surface area (Å²) in [6.45, 7) is 16.5. The summed E-state index contributed by atoms with van der Waals surface area (Å²) in [4.78, 5) is 37.1. The molecular weight excluding hydrogens is 476 g/mol. The lowest BCUT2D eigenvalue weighted by atomic mass is 9.43. The highest BCUT2D eigenvalue weighted by atomic mass is 16.8. The molecule has 1 N–H and O–H groups in total. The summed E-state index contributed by atoms with van der Waals surface area (Å²) < 4.78 is 23.5. The van der Waals surface area contributed by atoms with E-state index in [-0.39, 0.29) is 29.1 Å². The third-order valence-corrected chi connectivity index (χ3v) is 9.37. The maximum Gasteiger partial charge on any atom is 0.308 e. The monoisotopic (exact) mass is 520 g/mol. The largest absolute Gasteiger partial charge is 0.462 e. The zero-order valence-corrected chi connectivity index (χ0v) is 23.3. The molecule has 1 spiro atoms. The summed E-state index contributed by atoms with van der Waals surface area (Å²) in [5.41, 5.74) is -0.351. The minimum absolute atomic E-state index is 0.0995. The Bertz CT molecular complexity index is 927. The standard InChI is InChI=1S/C29H44O8/c1-9-16(3)11-12-28(8)18(5)13-24(32)29-22(26(34-19(6)30)37-27(29)35-20(7)31)14-21(15-23(28)29)36-25(33)17(4)10-2/h9,11,17-18,21-24,26-27,32H,1,10,12-15H2,2-8H3/b16-11+/t17?,18-,21-,22+,23+,24+,26+,27-,28-,29-/m0/s1. The van der Waals surface area contributed by atoms with Crippen LogP contribution in [0.5, 0.6) is 0 Å². The van der Waals surface area contributed by atoms with Gasteiger partial charge in [-0.1, -0.05) is 52.0 Å². The number of rotatable bonds is 8. The van der Waals surface area contributed by atoms with Gasteiger partial charge in [0.05, 0.1) is 17.4 Å². The Balaban J connectivity index is 2.16. The maximum atomic E-state index is 12.8. The van der Waals surface area contributed by atoms with Crippen molar-refractivity contribution in [3.05, 3.63) is 24.3 Å². The van der Waals surface area contributed by atoms with Crippen LogP contribution < -0.4 is 0 Å². The second kappa shape index (κ2) is 11.3. The van der Waals surface area contributed by atoms with Crippen molar-refractivity contribution in [1.29, 1.82) is 0 Å². The Kier molecular flexibility index (Phi) is 8.95. The van der Waals surface area contributed by atoms with Crippen LogP contribution in [-0.4, -0.2) is 47.8 Å². The molecule has 8 nitrogen and oxygen atoms in total. The van der Waals surface area contributed by atoms with Crippen molar-refractivity contribution in [2.75, 3.05) is 0 Å². The minimum Gasteiger partial charge on any atom is -0.462 e. The topological polar surface area (TPSA) is 108 Å². The van der Waals surface area contributed by atoms with E-state index < -0.39 is 48.1 Å². The summed E-state index contributed by atoms with van der Waals surface area (Å²) in [5.74, 6) is -2.28. The second-order valence-corrected chi connectivity index (χ2v) is 11.6. The van der Waals surface area contributed by atoms with Gasteiger partial charge in [0.2, 0.25) is 12.6 Å². The Labute approximate surface area is 220 Å². The van der Waals surface area contributed by atoms with Gasteiger partial charge in [0.15, 0.2) is 0 Å². The molecule has 0 amide bonds. The van der Waals surface area contributed by atoms with E-state index in [2.05, 4.69) is 26.5 Å². The average Bonchev–Trinajstić information content (AvgIpc) is 3.12. The van der Waals surface area contributed by atoms with Gasteiger partial charge in [-0.05, 0) is 56.3 Å². The molecule has 3 fully saturated rings. The number of esters is 3. The van der Waals surface area contributed by atoms with Gasteiger partial charge in [-0.25, -0.2) is 0 Å². The highest BCUT2D eigenvalue weighted by Crippen LogP contribution is 2.68. The molecule has 37 heavy (non-hydrogen) atoms. The van der Waals surface area contributed by atoms with Crippen LogP contribution in [0.1, 0.15) is 80.6 Å². The molecular formula is C29H44O8. The van der Waals surface area contributed by atoms with Gasteiger partial charge in [-0.3, -0.25) is 14.4 Å². The Hall–Kier alpha value is -2.19. The van der Waals surface area contributed by atoms with Gasteiger partial charge in [-0.15, -0.1) is 0 Å². The first-order valence-corrected chi connectivity index (χ1v) is 13.5. The van der Waals surface area contributed by atoms with Crippen LogP contribution in [0, 0.1) is 34.5 Å². The van der Waals surface area contributed by atoms with Crippen molar-refractivity contribution in [3.8, 4) is 0 Å². The predicted octanol–water partition coefficient (Wildman–Crippen LogP) is 4.69.